The van der Waals surface area contributed by atoms with Gasteiger partial charge in [-0.3, -0.25) is 9.67 Å². The van der Waals surface area contributed by atoms with E-state index in [1.807, 2.05) is 19.4 Å². The Balaban J connectivity index is 0.00000242. The first-order chi connectivity index (χ1) is 10.2. The smallest absolute Gasteiger partial charge is 0.191 e. The molecule has 7 heteroatoms. The van der Waals surface area contributed by atoms with Gasteiger partial charge < -0.3 is 10.6 Å². The van der Waals surface area contributed by atoms with Gasteiger partial charge in [-0.1, -0.05) is 12.1 Å². The third-order valence-corrected chi connectivity index (χ3v) is 3.06. The van der Waals surface area contributed by atoms with Crippen molar-refractivity contribution in [1.29, 1.82) is 0 Å². The summed E-state index contributed by atoms with van der Waals surface area (Å²) in [5.74, 6) is 0.529. The number of guanidine groups is 1. The average Bonchev–Trinajstić information content (AvgIpc) is 2.90. The summed E-state index contributed by atoms with van der Waals surface area (Å²) in [7, 11) is 3.62. The largest absolute Gasteiger partial charge is 0.356 e. The van der Waals surface area contributed by atoms with Crippen LogP contribution in [0.25, 0.3) is 0 Å². The summed E-state index contributed by atoms with van der Waals surface area (Å²) in [5.41, 5.74) is 2.19. The van der Waals surface area contributed by atoms with Crippen LogP contribution in [0.3, 0.4) is 0 Å². The van der Waals surface area contributed by atoms with Gasteiger partial charge in [0.1, 0.15) is 5.82 Å². The van der Waals surface area contributed by atoms with Crippen molar-refractivity contribution in [3.8, 4) is 0 Å². The first kappa shape index (κ1) is 18.4. The van der Waals surface area contributed by atoms with Crippen molar-refractivity contribution in [1.82, 2.24) is 20.4 Å². The Hall–Kier alpha value is -1.64. The van der Waals surface area contributed by atoms with Crippen LogP contribution in [0, 0.1) is 5.82 Å². The molecule has 2 N–H and O–H groups in total. The van der Waals surface area contributed by atoms with Crippen molar-refractivity contribution >= 4 is 29.9 Å². The number of halogens is 2. The minimum atomic E-state index is -0.208. The Morgan fingerprint density at radius 1 is 1.23 bits per heavy atom. The van der Waals surface area contributed by atoms with E-state index in [-0.39, 0.29) is 29.8 Å². The zero-order valence-corrected chi connectivity index (χ0v) is 15.0. The van der Waals surface area contributed by atoms with Gasteiger partial charge in [0.25, 0.3) is 0 Å². The van der Waals surface area contributed by atoms with E-state index in [4.69, 9.17) is 0 Å². The maximum Gasteiger partial charge on any atom is 0.191 e. The molecule has 0 saturated heterocycles. The second kappa shape index (κ2) is 9.39. The minimum Gasteiger partial charge on any atom is -0.356 e. The van der Waals surface area contributed by atoms with Crippen molar-refractivity contribution in [2.45, 2.75) is 13.0 Å². The molecule has 2 rings (SSSR count). The molecule has 0 fully saturated rings. The van der Waals surface area contributed by atoms with Crippen molar-refractivity contribution < 1.29 is 4.39 Å². The normalized spacial score (nSPS) is 11.0. The van der Waals surface area contributed by atoms with Gasteiger partial charge in [0, 0.05) is 38.9 Å². The topological polar surface area (TPSA) is 54.2 Å². The minimum absolute atomic E-state index is 0. The number of aryl methyl sites for hydroxylation is 1. The van der Waals surface area contributed by atoms with E-state index in [0.29, 0.717) is 6.54 Å². The van der Waals surface area contributed by atoms with Gasteiger partial charge in [0.05, 0.1) is 6.20 Å². The van der Waals surface area contributed by atoms with Gasteiger partial charge in [-0.2, -0.15) is 5.10 Å². The molecule has 1 aromatic carbocycles. The Morgan fingerprint density at radius 3 is 2.55 bits per heavy atom. The van der Waals surface area contributed by atoms with Gasteiger partial charge in [-0.05, 0) is 24.1 Å². The Kier molecular flexibility index (Phi) is 7.86. The molecule has 0 aliphatic heterocycles. The summed E-state index contributed by atoms with van der Waals surface area (Å²) in [5, 5.41) is 10.6. The van der Waals surface area contributed by atoms with Crippen molar-refractivity contribution in [3.63, 3.8) is 0 Å². The van der Waals surface area contributed by atoms with Gasteiger partial charge in [0.15, 0.2) is 5.96 Å². The fraction of sp³-hybridized carbons (Fsp3) is 0.333. The Morgan fingerprint density at radius 2 is 1.95 bits per heavy atom. The first-order valence-corrected chi connectivity index (χ1v) is 6.84. The third kappa shape index (κ3) is 6.00. The van der Waals surface area contributed by atoms with Crippen LogP contribution < -0.4 is 10.6 Å². The van der Waals surface area contributed by atoms with Crippen LogP contribution in [0.4, 0.5) is 4.39 Å². The molecule has 5 nitrogen and oxygen atoms in total. The molecule has 0 saturated carbocycles. The lowest BCUT2D eigenvalue weighted by atomic mass is 10.1. The summed E-state index contributed by atoms with van der Waals surface area (Å²) in [6.45, 7) is 1.41. The summed E-state index contributed by atoms with van der Waals surface area (Å²) in [4.78, 5) is 4.16. The maximum atomic E-state index is 12.8. The van der Waals surface area contributed by atoms with E-state index in [2.05, 4.69) is 20.7 Å². The predicted octanol–water partition coefficient (Wildman–Crippen LogP) is 2.08. The number of hydrogen-bond acceptors (Lipinski definition) is 2. The number of aromatic nitrogens is 2. The van der Waals surface area contributed by atoms with Gasteiger partial charge in [0.2, 0.25) is 0 Å². The molecule has 0 unspecified atom stereocenters. The van der Waals surface area contributed by atoms with Crippen LogP contribution in [0.5, 0.6) is 0 Å². The standard InChI is InChI=1S/C15H20FN5.HI/c1-17-15(19-9-13-10-20-21(2)11-13)18-8-7-12-3-5-14(16)6-4-12;/h3-6,10-11H,7-9H2,1-2H3,(H2,17,18,19);1H. The molecule has 120 valence electrons. The summed E-state index contributed by atoms with van der Waals surface area (Å²) in [6, 6.07) is 6.54. The van der Waals surface area contributed by atoms with Crippen LogP contribution in [-0.2, 0) is 20.0 Å². The molecule has 0 bridgehead atoms. The lowest BCUT2D eigenvalue weighted by molar-refractivity contribution is 0.626. The molecule has 0 amide bonds. The quantitative estimate of drug-likeness (QED) is 0.445. The lowest BCUT2D eigenvalue weighted by Gasteiger charge is -2.11. The molecule has 1 aromatic heterocycles. The summed E-state index contributed by atoms with van der Waals surface area (Å²) in [6.07, 6.45) is 4.59. The van der Waals surface area contributed by atoms with Crippen molar-refractivity contribution in [2.24, 2.45) is 12.0 Å². The van der Waals surface area contributed by atoms with Gasteiger partial charge >= 0.3 is 0 Å². The van der Waals surface area contributed by atoms with E-state index in [9.17, 15) is 4.39 Å². The fourth-order valence-electron chi connectivity index (χ4n) is 1.95. The second-order valence-electron chi connectivity index (χ2n) is 4.75. The monoisotopic (exact) mass is 417 g/mol. The molecule has 1 heterocycles. The fourth-order valence-corrected chi connectivity index (χ4v) is 1.95. The zero-order valence-electron chi connectivity index (χ0n) is 12.7. The van der Waals surface area contributed by atoms with Crippen LogP contribution in [0.1, 0.15) is 11.1 Å². The molecule has 22 heavy (non-hydrogen) atoms. The highest BCUT2D eigenvalue weighted by molar-refractivity contribution is 14.0. The average molecular weight is 417 g/mol. The van der Waals surface area contributed by atoms with E-state index < -0.39 is 0 Å². The number of benzene rings is 1. The number of aliphatic imine (C=N–C) groups is 1. The van der Waals surface area contributed by atoms with Gasteiger partial charge in [-0.15, -0.1) is 24.0 Å². The lowest BCUT2D eigenvalue weighted by Crippen LogP contribution is -2.37. The molecule has 0 spiro atoms. The third-order valence-electron chi connectivity index (χ3n) is 3.06. The molecular formula is C15H21FIN5. The molecule has 2 aromatic rings. The maximum absolute atomic E-state index is 12.8. The molecule has 0 radical (unpaired) electrons. The molecule has 0 atom stereocenters. The van der Waals surface area contributed by atoms with E-state index >= 15 is 0 Å². The molecular weight excluding hydrogens is 396 g/mol. The van der Waals surface area contributed by atoms with E-state index in [0.717, 1.165) is 30.1 Å². The molecule has 0 aliphatic carbocycles. The zero-order chi connectivity index (χ0) is 15.1. The number of rotatable bonds is 5. The van der Waals surface area contributed by atoms with Crippen molar-refractivity contribution in [2.75, 3.05) is 13.6 Å². The number of hydrogen-bond donors (Lipinski definition) is 2. The highest BCUT2D eigenvalue weighted by atomic mass is 127. The second-order valence-corrected chi connectivity index (χ2v) is 4.75. The summed E-state index contributed by atoms with van der Waals surface area (Å²) < 4.78 is 14.6. The Labute approximate surface area is 147 Å². The number of nitrogens with one attached hydrogen (secondary N) is 2. The van der Waals surface area contributed by atoms with Crippen LogP contribution in [0.2, 0.25) is 0 Å². The van der Waals surface area contributed by atoms with Gasteiger partial charge in [-0.25, -0.2) is 4.39 Å². The van der Waals surface area contributed by atoms with Crippen LogP contribution in [-0.4, -0.2) is 29.3 Å². The SMILES string of the molecule is CN=C(NCCc1ccc(F)cc1)NCc1cnn(C)c1.I. The molecule has 0 aliphatic rings. The Bertz CT molecular complexity index is 594. The highest BCUT2D eigenvalue weighted by Gasteiger charge is 2.00. The van der Waals surface area contributed by atoms with E-state index in [1.165, 1.54) is 12.1 Å². The number of nitrogens with zero attached hydrogens (tertiary/aromatic N) is 3. The van der Waals surface area contributed by atoms with Crippen molar-refractivity contribution in [3.05, 3.63) is 53.6 Å². The highest BCUT2D eigenvalue weighted by Crippen LogP contribution is 2.02. The van der Waals surface area contributed by atoms with E-state index in [1.54, 1.807) is 23.9 Å². The first-order valence-electron chi connectivity index (χ1n) is 6.84. The van der Waals surface area contributed by atoms with Crippen LogP contribution in [0.15, 0.2) is 41.7 Å². The van der Waals surface area contributed by atoms with Crippen LogP contribution >= 0.6 is 24.0 Å². The predicted molar refractivity (Wildman–Crippen MR) is 96.9 cm³/mol. The summed E-state index contributed by atoms with van der Waals surface area (Å²) >= 11 is 0.